The standard InChI is InChI=1S/C26H32FN7O4/c1-16(18-14-17(27)6-7-20(18)36-5)29-21-8-11-34-23(30-21)19(15-28-34)22-31-26(38-32-22)9-12-33(13-10-26)24(35)37-25(2,3)4/h6-8,11,14-16H,9-10,12-13H2,1-5H3,(H,29,30)(H,31,32)/t16-/m1/s1. The third-order valence-electron chi connectivity index (χ3n) is 6.50. The molecule has 1 spiro atoms. The van der Waals surface area contributed by atoms with E-state index >= 15 is 0 Å². The van der Waals surface area contributed by atoms with Crippen molar-refractivity contribution in [2.45, 2.75) is 57.9 Å². The van der Waals surface area contributed by atoms with Gasteiger partial charge in [-0.15, -0.1) is 0 Å². The van der Waals surface area contributed by atoms with Crippen molar-refractivity contribution in [2.24, 2.45) is 4.99 Å². The fraction of sp³-hybridized carbons (Fsp3) is 0.462. The highest BCUT2D eigenvalue weighted by Crippen LogP contribution is 2.33. The Hall–Kier alpha value is -3.93. The molecular formula is C26H32FN7O4. The van der Waals surface area contributed by atoms with Gasteiger partial charge in [0.05, 0.1) is 24.9 Å². The molecule has 0 radical (unpaired) electrons. The zero-order valence-electron chi connectivity index (χ0n) is 22.1. The Morgan fingerprint density at radius 3 is 2.74 bits per heavy atom. The second-order valence-electron chi connectivity index (χ2n) is 10.5. The van der Waals surface area contributed by atoms with Gasteiger partial charge in [-0.25, -0.2) is 34.0 Å². The number of rotatable bonds is 5. The first-order valence-corrected chi connectivity index (χ1v) is 12.5. The van der Waals surface area contributed by atoms with Gasteiger partial charge in [-0.3, -0.25) is 0 Å². The van der Waals surface area contributed by atoms with Crippen molar-refractivity contribution in [3.05, 3.63) is 53.6 Å². The number of benzene rings is 1. The molecule has 0 aliphatic carbocycles. The highest BCUT2D eigenvalue weighted by molar-refractivity contribution is 6.04. The van der Waals surface area contributed by atoms with E-state index in [2.05, 4.69) is 15.9 Å². The van der Waals surface area contributed by atoms with Gasteiger partial charge in [-0.2, -0.15) is 5.10 Å². The summed E-state index contributed by atoms with van der Waals surface area (Å²) in [6, 6.07) is 5.93. The van der Waals surface area contributed by atoms with Crippen molar-refractivity contribution in [2.75, 3.05) is 25.5 Å². The van der Waals surface area contributed by atoms with E-state index in [0.717, 1.165) is 0 Å². The van der Waals surface area contributed by atoms with Crippen LogP contribution in [0.1, 0.15) is 57.7 Å². The largest absolute Gasteiger partial charge is 0.496 e. The van der Waals surface area contributed by atoms with E-state index in [1.807, 2.05) is 27.7 Å². The van der Waals surface area contributed by atoms with Gasteiger partial charge in [0.1, 0.15) is 23.0 Å². The number of halogens is 1. The van der Waals surface area contributed by atoms with E-state index in [4.69, 9.17) is 24.3 Å². The molecule has 2 aliphatic rings. The lowest BCUT2D eigenvalue weighted by Gasteiger charge is -2.36. The van der Waals surface area contributed by atoms with Crippen LogP contribution in [0.3, 0.4) is 0 Å². The molecule has 2 aliphatic heterocycles. The Kier molecular flexibility index (Phi) is 6.59. The van der Waals surface area contributed by atoms with Crippen LogP contribution in [-0.2, 0) is 9.57 Å². The fourth-order valence-corrected chi connectivity index (χ4v) is 4.55. The molecule has 1 aromatic carbocycles. The van der Waals surface area contributed by atoms with Gasteiger partial charge in [0.25, 0.3) is 0 Å². The lowest BCUT2D eigenvalue weighted by Crippen LogP contribution is -2.48. The summed E-state index contributed by atoms with van der Waals surface area (Å²) in [6.07, 6.45) is 4.17. The molecule has 1 atom stereocenters. The number of anilines is 1. The van der Waals surface area contributed by atoms with Crippen molar-refractivity contribution in [3.8, 4) is 5.75 Å². The maximum atomic E-state index is 13.9. The zero-order valence-corrected chi connectivity index (χ0v) is 22.1. The number of ether oxygens (including phenoxy) is 2. The Labute approximate surface area is 219 Å². The van der Waals surface area contributed by atoms with Crippen LogP contribution in [0.15, 0.2) is 41.7 Å². The molecule has 38 heavy (non-hydrogen) atoms. The smallest absolute Gasteiger partial charge is 0.410 e. The quantitative estimate of drug-likeness (QED) is 0.513. The number of methoxy groups -OCH3 is 1. The Morgan fingerprint density at radius 2 is 2.03 bits per heavy atom. The molecular weight excluding hydrogens is 493 g/mol. The number of nitrogens with one attached hydrogen (secondary N) is 2. The van der Waals surface area contributed by atoms with E-state index in [0.29, 0.717) is 60.1 Å². The van der Waals surface area contributed by atoms with E-state index in [1.165, 1.54) is 12.1 Å². The van der Waals surface area contributed by atoms with Crippen LogP contribution in [0.25, 0.3) is 5.65 Å². The topological polar surface area (TPSA) is 115 Å². The minimum absolute atomic E-state index is 0.273. The van der Waals surface area contributed by atoms with Crippen molar-refractivity contribution in [1.82, 2.24) is 25.0 Å². The molecule has 12 heteroatoms. The van der Waals surface area contributed by atoms with Crippen LogP contribution in [-0.4, -0.2) is 63.0 Å². The molecule has 3 aromatic rings. The van der Waals surface area contributed by atoms with Gasteiger partial charge in [0, 0.05) is 37.7 Å². The summed E-state index contributed by atoms with van der Waals surface area (Å²) in [5, 5.41) is 7.70. The summed E-state index contributed by atoms with van der Waals surface area (Å²) in [5.41, 5.74) is 3.55. The number of likely N-dealkylation sites (tertiary alicyclic amines) is 1. The molecule has 5 rings (SSSR count). The number of fused-ring (bicyclic) bond motifs is 1. The average molecular weight is 526 g/mol. The van der Waals surface area contributed by atoms with E-state index in [1.54, 1.807) is 41.1 Å². The first kappa shape index (κ1) is 25.7. The monoisotopic (exact) mass is 525 g/mol. The Morgan fingerprint density at radius 1 is 1.26 bits per heavy atom. The van der Waals surface area contributed by atoms with Crippen molar-refractivity contribution < 1.29 is 23.5 Å². The van der Waals surface area contributed by atoms with Crippen LogP contribution in [0.5, 0.6) is 5.75 Å². The van der Waals surface area contributed by atoms with Crippen LogP contribution >= 0.6 is 0 Å². The van der Waals surface area contributed by atoms with E-state index in [-0.39, 0.29) is 18.0 Å². The highest BCUT2D eigenvalue weighted by atomic mass is 19.1. The van der Waals surface area contributed by atoms with Gasteiger partial charge in [0.2, 0.25) is 0 Å². The lowest BCUT2D eigenvalue weighted by atomic mass is 10.0. The van der Waals surface area contributed by atoms with Gasteiger partial charge < -0.3 is 19.7 Å². The van der Waals surface area contributed by atoms with Crippen molar-refractivity contribution in [1.29, 1.82) is 0 Å². The Bertz CT molecular complexity index is 1380. The number of carbonyl (C=O) groups excluding carboxylic acids is 1. The summed E-state index contributed by atoms with van der Waals surface area (Å²) in [5.74, 6) is 1.35. The van der Waals surface area contributed by atoms with Crippen LogP contribution in [0.4, 0.5) is 15.0 Å². The van der Waals surface area contributed by atoms with Gasteiger partial charge in [-0.05, 0) is 52.0 Å². The molecule has 11 nitrogen and oxygen atoms in total. The minimum atomic E-state index is -0.777. The minimum Gasteiger partial charge on any atom is -0.496 e. The predicted molar refractivity (Wildman–Crippen MR) is 139 cm³/mol. The number of hydrogen-bond donors (Lipinski definition) is 2. The first-order valence-electron chi connectivity index (χ1n) is 12.5. The lowest BCUT2D eigenvalue weighted by molar-refractivity contribution is -0.0893. The number of hydroxylamine groups is 1. The molecule has 0 saturated carbocycles. The second-order valence-corrected chi connectivity index (χ2v) is 10.5. The van der Waals surface area contributed by atoms with Gasteiger partial charge in [0.15, 0.2) is 17.2 Å². The predicted octanol–water partition coefficient (Wildman–Crippen LogP) is 4.06. The van der Waals surface area contributed by atoms with Crippen LogP contribution < -0.4 is 15.5 Å². The number of piperidine rings is 1. The summed E-state index contributed by atoms with van der Waals surface area (Å²) in [6.45, 7) is 8.39. The normalized spacial score (nSPS) is 17.7. The summed E-state index contributed by atoms with van der Waals surface area (Å²) >= 11 is 0. The van der Waals surface area contributed by atoms with Crippen molar-refractivity contribution >= 4 is 23.4 Å². The highest BCUT2D eigenvalue weighted by Gasteiger charge is 2.42. The second kappa shape index (κ2) is 9.75. The fourth-order valence-electron chi connectivity index (χ4n) is 4.55. The molecule has 1 amide bonds. The number of hydrogen-bond acceptors (Lipinski definition) is 9. The van der Waals surface area contributed by atoms with Crippen LogP contribution in [0, 0.1) is 5.82 Å². The van der Waals surface area contributed by atoms with E-state index in [9.17, 15) is 9.18 Å². The third-order valence-corrected chi connectivity index (χ3v) is 6.50. The maximum Gasteiger partial charge on any atom is 0.410 e. The number of aliphatic imine (C=N–C) groups is 1. The number of carbonyl (C=O) groups is 1. The maximum absolute atomic E-state index is 13.9. The number of aromatic nitrogens is 3. The zero-order chi connectivity index (χ0) is 27.1. The number of nitrogens with zero attached hydrogens (tertiary/aromatic N) is 5. The molecule has 1 saturated heterocycles. The molecule has 1 fully saturated rings. The van der Waals surface area contributed by atoms with Crippen LogP contribution in [0.2, 0.25) is 0 Å². The molecule has 0 bridgehead atoms. The van der Waals surface area contributed by atoms with Crippen molar-refractivity contribution in [3.63, 3.8) is 0 Å². The molecule has 2 N–H and O–H groups in total. The Balaban J connectivity index is 1.32. The van der Waals surface area contributed by atoms with Gasteiger partial charge in [-0.1, -0.05) is 0 Å². The molecule has 202 valence electrons. The average Bonchev–Trinajstić information content (AvgIpc) is 3.47. The first-order chi connectivity index (χ1) is 18.1. The van der Waals surface area contributed by atoms with E-state index < -0.39 is 11.3 Å². The number of amidine groups is 1. The SMILES string of the molecule is COc1ccc(F)cc1[C@@H](C)Nc1ccn2ncc(C3=NC4(CCN(C(=O)OC(C)(C)C)CC4)ON3)c2n1. The number of amides is 1. The molecule has 4 heterocycles. The third kappa shape index (κ3) is 5.21. The molecule has 2 aromatic heterocycles. The summed E-state index contributed by atoms with van der Waals surface area (Å²) in [4.78, 5) is 29.6. The van der Waals surface area contributed by atoms with Gasteiger partial charge >= 0.3 is 6.09 Å². The molecule has 0 unspecified atom stereocenters. The summed E-state index contributed by atoms with van der Waals surface area (Å²) < 4.78 is 26.4. The summed E-state index contributed by atoms with van der Waals surface area (Å²) in [7, 11) is 1.55.